The molecule has 0 aliphatic carbocycles. The van der Waals surface area contributed by atoms with E-state index in [1.807, 2.05) is 61.5 Å². The summed E-state index contributed by atoms with van der Waals surface area (Å²) in [4.78, 5) is 16.3. The first-order chi connectivity index (χ1) is 11.3. The minimum absolute atomic E-state index is 0.274. The van der Waals surface area contributed by atoms with Crippen LogP contribution in [0.5, 0.6) is 5.75 Å². The molecule has 1 heterocycles. The number of carbonyl (C=O) groups excluding carboxylic acids is 1. The lowest BCUT2D eigenvalue weighted by Gasteiger charge is -2.07. The van der Waals surface area contributed by atoms with Crippen molar-refractivity contribution in [3.05, 3.63) is 71.4 Å². The summed E-state index contributed by atoms with van der Waals surface area (Å²) < 4.78 is 11.0. The van der Waals surface area contributed by atoms with Crippen LogP contribution in [-0.4, -0.2) is 18.5 Å². The zero-order valence-electron chi connectivity index (χ0n) is 12.9. The van der Waals surface area contributed by atoms with Gasteiger partial charge in [0.25, 0.3) is 0 Å². The van der Waals surface area contributed by atoms with Crippen molar-refractivity contribution in [1.29, 1.82) is 0 Å². The van der Waals surface area contributed by atoms with Gasteiger partial charge in [0.15, 0.2) is 5.70 Å². The zero-order valence-corrected chi connectivity index (χ0v) is 12.9. The van der Waals surface area contributed by atoms with E-state index in [0.717, 1.165) is 23.3 Å². The molecule has 0 N–H and O–H groups in total. The van der Waals surface area contributed by atoms with Crippen molar-refractivity contribution in [2.45, 2.75) is 13.3 Å². The Labute approximate surface area is 135 Å². The number of cyclic esters (lactones) is 1. The van der Waals surface area contributed by atoms with Gasteiger partial charge < -0.3 is 9.47 Å². The lowest BCUT2D eigenvalue weighted by atomic mass is 10.1. The van der Waals surface area contributed by atoms with Gasteiger partial charge >= 0.3 is 5.97 Å². The summed E-state index contributed by atoms with van der Waals surface area (Å²) in [5.41, 5.74) is 1.86. The highest BCUT2D eigenvalue weighted by molar-refractivity contribution is 6.12. The predicted octanol–water partition coefficient (Wildman–Crippen LogP) is 3.82. The molecule has 0 saturated carbocycles. The van der Waals surface area contributed by atoms with E-state index in [0.29, 0.717) is 12.5 Å². The summed E-state index contributed by atoms with van der Waals surface area (Å²) in [6, 6.07) is 16.9. The third-order valence-electron chi connectivity index (χ3n) is 3.31. The Morgan fingerprint density at radius 1 is 1.09 bits per heavy atom. The number of aliphatic imine (C=N–C) groups is 1. The highest BCUT2D eigenvalue weighted by atomic mass is 16.6. The van der Waals surface area contributed by atoms with Crippen molar-refractivity contribution in [2.24, 2.45) is 4.99 Å². The van der Waals surface area contributed by atoms with Crippen LogP contribution in [-0.2, 0) is 9.53 Å². The molecule has 4 heteroatoms. The van der Waals surface area contributed by atoms with Crippen LogP contribution < -0.4 is 4.74 Å². The summed E-state index contributed by atoms with van der Waals surface area (Å²) in [6.45, 7) is 2.68. The fourth-order valence-corrected chi connectivity index (χ4v) is 2.20. The molecule has 3 rings (SSSR count). The van der Waals surface area contributed by atoms with Crippen LogP contribution in [0.4, 0.5) is 0 Å². The lowest BCUT2D eigenvalue weighted by molar-refractivity contribution is -0.129. The van der Waals surface area contributed by atoms with E-state index in [1.54, 1.807) is 6.08 Å². The van der Waals surface area contributed by atoms with Gasteiger partial charge in [0, 0.05) is 11.1 Å². The number of esters is 1. The molecule has 1 aliphatic rings. The van der Waals surface area contributed by atoms with Gasteiger partial charge in [0.05, 0.1) is 6.61 Å². The molecule has 0 bridgehead atoms. The first-order valence-corrected chi connectivity index (χ1v) is 7.57. The van der Waals surface area contributed by atoms with E-state index in [1.165, 1.54) is 0 Å². The van der Waals surface area contributed by atoms with Crippen molar-refractivity contribution >= 4 is 17.9 Å². The Morgan fingerprint density at radius 2 is 1.83 bits per heavy atom. The molecule has 0 spiro atoms. The number of benzene rings is 2. The zero-order chi connectivity index (χ0) is 16.1. The van der Waals surface area contributed by atoms with Crippen LogP contribution in [0.25, 0.3) is 6.08 Å². The fourth-order valence-electron chi connectivity index (χ4n) is 2.20. The van der Waals surface area contributed by atoms with Crippen molar-refractivity contribution < 1.29 is 14.3 Å². The molecule has 0 aromatic heterocycles. The molecule has 0 amide bonds. The summed E-state index contributed by atoms with van der Waals surface area (Å²) in [5, 5.41) is 0. The molecule has 0 unspecified atom stereocenters. The molecule has 0 atom stereocenters. The minimum atomic E-state index is -0.450. The second-order valence-corrected chi connectivity index (χ2v) is 5.09. The van der Waals surface area contributed by atoms with Gasteiger partial charge in [-0.2, -0.15) is 0 Å². The SMILES string of the molecule is CCCOc1ccccc1/C=C1/N=C(c2ccccc2)OC1=O. The number of hydrogen-bond donors (Lipinski definition) is 0. The number of carbonyl (C=O) groups is 1. The third-order valence-corrected chi connectivity index (χ3v) is 3.31. The van der Waals surface area contributed by atoms with Gasteiger partial charge in [-0.1, -0.05) is 43.3 Å². The average Bonchev–Trinajstić information content (AvgIpc) is 2.96. The normalized spacial score (nSPS) is 15.4. The van der Waals surface area contributed by atoms with Crippen molar-refractivity contribution in [2.75, 3.05) is 6.61 Å². The van der Waals surface area contributed by atoms with E-state index < -0.39 is 5.97 Å². The van der Waals surface area contributed by atoms with Crippen molar-refractivity contribution in [1.82, 2.24) is 0 Å². The van der Waals surface area contributed by atoms with Gasteiger partial charge in [-0.05, 0) is 30.7 Å². The van der Waals surface area contributed by atoms with Gasteiger partial charge in [0.2, 0.25) is 5.90 Å². The van der Waals surface area contributed by atoms with Crippen LogP contribution in [0.1, 0.15) is 24.5 Å². The van der Waals surface area contributed by atoms with E-state index in [-0.39, 0.29) is 5.70 Å². The summed E-state index contributed by atoms with van der Waals surface area (Å²) in [7, 11) is 0. The minimum Gasteiger partial charge on any atom is -0.493 e. The van der Waals surface area contributed by atoms with E-state index in [9.17, 15) is 4.79 Å². The Balaban J connectivity index is 1.91. The summed E-state index contributed by atoms with van der Waals surface area (Å²) in [5.74, 6) is 0.612. The Kier molecular flexibility index (Phi) is 4.52. The maximum absolute atomic E-state index is 12.0. The molecule has 116 valence electrons. The van der Waals surface area contributed by atoms with Gasteiger partial charge in [-0.3, -0.25) is 0 Å². The predicted molar refractivity (Wildman–Crippen MR) is 89.3 cm³/mol. The van der Waals surface area contributed by atoms with Crippen LogP contribution in [0.15, 0.2) is 65.3 Å². The van der Waals surface area contributed by atoms with Crippen LogP contribution >= 0.6 is 0 Å². The van der Waals surface area contributed by atoms with E-state index >= 15 is 0 Å². The maximum atomic E-state index is 12.0. The van der Waals surface area contributed by atoms with Gasteiger partial charge in [0.1, 0.15) is 5.75 Å². The van der Waals surface area contributed by atoms with Crippen LogP contribution in [0.2, 0.25) is 0 Å². The largest absolute Gasteiger partial charge is 0.493 e. The Bertz CT molecular complexity index is 763. The Morgan fingerprint density at radius 3 is 2.61 bits per heavy atom. The molecule has 1 aliphatic heterocycles. The molecule has 4 nitrogen and oxygen atoms in total. The second-order valence-electron chi connectivity index (χ2n) is 5.09. The molecule has 0 fully saturated rings. The van der Waals surface area contributed by atoms with Crippen molar-refractivity contribution in [3.8, 4) is 5.75 Å². The first kappa shape index (κ1) is 15.0. The number of nitrogens with zero attached hydrogens (tertiary/aromatic N) is 1. The quantitative estimate of drug-likeness (QED) is 0.623. The molecule has 0 radical (unpaired) electrons. The summed E-state index contributed by atoms with van der Waals surface area (Å²) in [6.07, 6.45) is 2.62. The maximum Gasteiger partial charge on any atom is 0.363 e. The van der Waals surface area contributed by atoms with Gasteiger partial charge in [-0.25, -0.2) is 9.79 Å². The summed E-state index contributed by atoms with van der Waals surface area (Å²) >= 11 is 0. The van der Waals surface area contributed by atoms with E-state index in [4.69, 9.17) is 9.47 Å². The fraction of sp³-hybridized carbons (Fsp3) is 0.158. The number of para-hydroxylation sites is 1. The molecule has 2 aromatic carbocycles. The second kappa shape index (κ2) is 6.92. The molecule has 0 saturated heterocycles. The third kappa shape index (κ3) is 3.48. The first-order valence-electron chi connectivity index (χ1n) is 7.57. The number of rotatable bonds is 5. The number of ether oxygens (including phenoxy) is 2. The Hall–Kier alpha value is -2.88. The standard InChI is InChI=1S/C19H17NO3/c1-2-12-22-17-11-7-6-10-15(17)13-16-19(21)23-18(20-16)14-8-4-3-5-9-14/h3-11,13H,2,12H2,1H3/b16-13+. The highest BCUT2D eigenvalue weighted by Crippen LogP contribution is 2.24. The molecule has 2 aromatic rings. The van der Waals surface area contributed by atoms with Gasteiger partial charge in [-0.15, -0.1) is 0 Å². The monoisotopic (exact) mass is 307 g/mol. The van der Waals surface area contributed by atoms with Crippen LogP contribution in [0, 0.1) is 0 Å². The molecular formula is C19H17NO3. The van der Waals surface area contributed by atoms with E-state index in [2.05, 4.69) is 4.99 Å². The van der Waals surface area contributed by atoms with Crippen molar-refractivity contribution in [3.63, 3.8) is 0 Å². The topological polar surface area (TPSA) is 47.9 Å². The smallest absolute Gasteiger partial charge is 0.363 e. The number of hydrogen-bond acceptors (Lipinski definition) is 4. The highest BCUT2D eigenvalue weighted by Gasteiger charge is 2.24. The molecule has 23 heavy (non-hydrogen) atoms. The average molecular weight is 307 g/mol. The lowest BCUT2D eigenvalue weighted by Crippen LogP contribution is -2.05. The van der Waals surface area contributed by atoms with Crippen LogP contribution in [0.3, 0.4) is 0 Å². The molecular weight excluding hydrogens is 290 g/mol.